The standard InChI is InChI=1S/C31H31FN14O3/c1-33-26-11-24-39-19-15-43(8-2-6-34-30(47)20-13-37-45(26)28(20)41-24)44(16-19)17-36-27-12-25-40-22-10-18(32)4-5-23(22)49-9-3-7-35-31(48)21-14-38-46(27)29(21)42-25/h4-5,10-16H,2-3,6-9,17H2,1H3,(H5-,33,34,35,36,37,38,39,40,41,42,47,48)/p+1. The van der Waals surface area contributed by atoms with Crippen LogP contribution in [0, 0.1) is 5.82 Å². The van der Waals surface area contributed by atoms with Crippen LogP contribution in [-0.2, 0) is 13.2 Å². The van der Waals surface area contributed by atoms with Gasteiger partial charge in [0.05, 0.1) is 30.9 Å². The molecular weight excluding hydrogens is 635 g/mol. The fourth-order valence-corrected chi connectivity index (χ4v) is 5.84. The highest BCUT2D eigenvalue weighted by atomic mass is 19.1. The van der Waals surface area contributed by atoms with Crippen molar-refractivity contribution in [1.82, 2.24) is 44.5 Å². The Morgan fingerprint density at radius 2 is 1.61 bits per heavy atom. The minimum Gasteiger partial charge on any atom is -0.491 e. The molecule has 0 spiro atoms. The Balaban J connectivity index is 1.14. The van der Waals surface area contributed by atoms with E-state index in [4.69, 9.17) is 4.74 Å². The van der Waals surface area contributed by atoms with Gasteiger partial charge in [-0.15, -0.1) is 9.36 Å². The third-order valence-corrected chi connectivity index (χ3v) is 8.21. The summed E-state index contributed by atoms with van der Waals surface area (Å²) < 4.78 is 27.3. The zero-order chi connectivity index (χ0) is 33.5. The first-order valence-corrected chi connectivity index (χ1v) is 15.8. The molecule has 1 aromatic carbocycles. The van der Waals surface area contributed by atoms with Crippen LogP contribution < -0.4 is 41.3 Å². The topological polar surface area (TPSA) is 185 Å². The van der Waals surface area contributed by atoms with Gasteiger partial charge in [0, 0.05) is 44.8 Å². The van der Waals surface area contributed by atoms with E-state index in [0.29, 0.717) is 96.2 Å². The number of halogens is 1. The predicted octanol–water partition coefficient (Wildman–Crippen LogP) is 2.24. The van der Waals surface area contributed by atoms with Crippen LogP contribution in [0.4, 0.5) is 39.0 Å². The van der Waals surface area contributed by atoms with Crippen LogP contribution in [0.25, 0.3) is 11.3 Å². The number of nitrogens with one attached hydrogen (secondary N) is 6. The van der Waals surface area contributed by atoms with E-state index in [0.717, 1.165) is 5.69 Å². The van der Waals surface area contributed by atoms with Gasteiger partial charge in [0.25, 0.3) is 11.8 Å². The first kappa shape index (κ1) is 29.9. The van der Waals surface area contributed by atoms with E-state index in [-0.39, 0.29) is 18.5 Å². The molecule has 0 fully saturated rings. The van der Waals surface area contributed by atoms with E-state index >= 15 is 0 Å². The molecule has 2 aliphatic rings. The maximum absolute atomic E-state index is 14.3. The SMILES string of the molecule is CNc1cc2nc3c(cnn13)C(=O)NCCC[n+]1cc(cn1CNc1cc3nc4c(cnn14)C(=O)NCCCOc1ccc(F)cc1N3)N2. The molecule has 2 aliphatic heterocycles. The number of anilines is 6. The van der Waals surface area contributed by atoms with Crippen LogP contribution in [0.1, 0.15) is 33.6 Å². The third kappa shape index (κ3) is 5.72. The average Bonchev–Trinajstić information content (AvgIpc) is 3.82. The molecule has 0 aliphatic carbocycles. The molecule has 17 nitrogen and oxygen atoms in total. The summed E-state index contributed by atoms with van der Waals surface area (Å²) >= 11 is 0. The molecule has 7 heterocycles. The minimum absolute atomic E-state index is 0.250. The van der Waals surface area contributed by atoms with Crippen molar-refractivity contribution in [2.45, 2.75) is 26.1 Å². The van der Waals surface area contributed by atoms with Crippen LogP contribution >= 0.6 is 0 Å². The first-order valence-electron chi connectivity index (χ1n) is 15.8. The van der Waals surface area contributed by atoms with Crippen LogP contribution in [0.15, 0.2) is 55.1 Å². The maximum atomic E-state index is 14.3. The van der Waals surface area contributed by atoms with Crippen molar-refractivity contribution in [3.63, 3.8) is 0 Å². The fourth-order valence-electron chi connectivity index (χ4n) is 5.84. The van der Waals surface area contributed by atoms with E-state index < -0.39 is 5.82 Å². The maximum Gasteiger partial charge on any atom is 0.256 e. The van der Waals surface area contributed by atoms with Crippen molar-refractivity contribution < 1.29 is 23.4 Å². The quantitative estimate of drug-likeness (QED) is 0.152. The number of amides is 2. The smallest absolute Gasteiger partial charge is 0.256 e. The van der Waals surface area contributed by atoms with Crippen molar-refractivity contribution in [3.8, 4) is 5.75 Å². The lowest BCUT2D eigenvalue weighted by Crippen LogP contribution is -2.44. The average molecular weight is 668 g/mol. The van der Waals surface area contributed by atoms with Crippen LogP contribution in [0.5, 0.6) is 5.75 Å². The molecule has 8 rings (SSSR count). The predicted molar refractivity (Wildman–Crippen MR) is 176 cm³/mol. The highest BCUT2D eigenvalue weighted by molar-refractivity contribution is 6.00. The molecule has 6 bridgehead atoms. The summed E-state index contributed by atoms with van der Waals surface area (Å²) in [5.74, 6) is 1.53. The lowest BCUT2D eigenvalue weighted by atomic mass is 10.2. The summed E-state index contributed by atoms with van der Waals surface area (Å²) in [7, 11) is 1.78. The summed E-state index contributed by atoms with van der Waals surface area (Å²) in [5.41, 5.74) is 2.60. The molecule has 0 saturated carbocycles. The lowest BCUT2D eigenvalue weighted by Gasteiger charge is -2.15. The van der Waals surface area contributed by atoms with Crippen LogP contribution in [-0.4, -0.2) is 72.4 Å². The highest BCUT2D eigenvalue weighted by Crippen LogP contribution is 2.30. The molecule has 18 heteroatoms. The molecule has 5 aromatic heterocycles. The highest BCUT2D eigenvalue weighted by Gasteiger charge is 2.22. The Morgan fingerprint density at radius 3 is 2.37 bits per heavy atom. The molecule has 2 amide bonds. The molecule has 49 heavy (non-hydrogen) atoms. The van der Waals surface area contributed by atoms with E-state index in [1.54, 1.807) is 28.2 Å². The second-order valence-corrected chi connectivity index (χ2v) is 11.5. The number of nitrogens with zero attached hydrogens (tertiary/aromatic N) is 8. The van der Waals surface area contributed by atoms with Gasteiger partial charge in [-0.05, 0) is 18.6 Å². The Morgan fingerprint density at radius 1 is 0.918 bits per heavy atom. The number of aryl methyl sites for hydroxylation is 1. The number of ether oxygens (including phenoxy) is 1. The molecule has 250 valence electrons. The monoisotopic (exact) mass is 667 g/mol. The summed E-state index contributed by atoms with van der Waals surface area (Å²) in [6.45, 7) is 2.01. The zero-order valence-corrected chi connectivity index (χ0v) is 26.3. The molecule has 0 radical (unpaired) electrons. The van der Waals surface area contributed by atoms with Gasteiger partial charge in [0.15, 0.2) is 17.8 Å². The van der Waals surface area contributed by atoms with E-state index in [2.05, 4.69) is 52.1 Å². The summed E-state index contributed by atoms with van der Waals surface area (Å²) in [6.07, 6.45) is 8.09. The van der Waals surface area contributed by atoms with Crippen LogP contribution in [0.3, 0.4) is 0 Å². The molecule has 0 saturated heterocycles. The Hall–Kier alpha value is -6.46. The number of benzene rings is 1. The van der Waals surface area contributed by atoms with Gasteiger partial charge >= 0.3 is 0 Å². The molecule has 6 N–H and O–H groups in total. The number of hydrogen-bond donors (Lipinski definition) is 6. The Kier molecular flexibility index (Phi) is 7.50. The Bertz CT molecular complexity index is 2240. The summed E-state index contributed by atoms with van der Waals surface area (Å²) in [5, 5.41) is 27.8. The van der Waals surface area contributed by atoms with Crippen molar-refractivity contribution in [2.24, 2.45) is 0 Å². The van der Waals surface area contributed by atoms with Gasteiger partial charge in [-0.2, -0.15) is 19.2 Å². The second-order valence-electron chi connectivity index (χ2n) is 11.5. The normalized spacial score (nSPS) is 14.8. The number of carbonyl (C=O) groups excluding carboxylic acids is 2. The van der Waals surface area contributed by atoms with Gasteiger partial charge in [-0.1, -0.05) is 0 Å². The number of fused-ring (bicyclic) bond motifs is 5. The lowest BCUT2D eigenvalue weighted by molar-refractivity contribution is -0.774. The van der Waals surface area contributed by atoms with Crippen molar-refractivity contribution in [2.75, 3.05) is 48.0 Å². The second kappa shape index (κ2) is 12.3. The largest absolute Gasteiger partial charge is 0.491 e. The number of aromatic nitrogens is 8. The fraction of sp³-hybridized carbons (Fsp3) is 0.258. The minimum atomic E-state index is -0.435. The van der Waals surface area contributed by atoms with Gasteiger partial charge in [0.2, 0.25) is 6.20 Å². The van der Waals surface area contributed by atoms with Gasteiger partial charge in [-0.25, -0.2) is 14.4 Å². The van der Waals surface area contributed by atoms with Crippen molar-refractivity contribution in [3.05, 3.63) is 72.1 Å². The van der Waals surface area contributed by atoms with Gasteiger partial charge in [-0.3, -0.25) is 9.59 Å². The van der Waals surface area contributed by atoms with Gasteiger partial charge in [0.1, 0.15) is 58.3 Å². The summed E-state index contributed by atoms with van der Waals surface area (Å²) in [6, 6.07) is 7.77. The zero-order valence-electron chi connectivity index (χ0n) is 26.3. The number of rotatable bonds is 4. The first-order chi connectivity index (χ1) is 23.9. The number of carbonyl (C=O) groups is 2. The van der Waals surface area contributed by atoms with Gasteiger partial charge < -0.3 is 36.6 Å². The third-order valence-electron chi connectivity index (χ3n) is 8.21. The molecule has 0 unspecified atom stereocenters. The van der Waals surface area contributed by atoms with E-state index in [9.17, 15) is 14.0 Å². The van der Waals surface area contributed by atoms with E-state index in [1.165, 1.54) is 24.5 Å². The molecular formula is C31H32FN14O3+. The van der Waals surface area contributed by atoms with E-state index in [1.807, 2.05) is 27.8 Å². The molecule has 0 atom stereocenters. The Labute approximate surface area is 277 Å². The molecule has 6 aromatic rings. The van der Waals surface area contributed by atoms with Crippen molar-refractivity contribution in [1.29, 1.82) is 0 Å². The summed E-state index contributed by atoms with van der Waals surface area (Å²) in [4.78, 5) is 35.5. The van der Waals surface area contributed by atoms with Crippen LogP contribution in [0.2, 0.25) is 0 Å². The van der Waals surface area contributed by atoms with Crippen molar-refractivity contribution >= 4 is 57.8 Å². The number of hydrogen-bond acceptors (Lipinski definition) is 11.